The summed E-state index contributed by atoms with van der Waals surface area (Å²) in [5.74, 6) is 1.20. The normalized spacial score (nSPS) is 10.6. The minimum atomic E-state index is 0.387. The zero-order chi connectivity index (χ0) is 20.6. The predicted octanol–water partition coefficient (Wildman–Crippen LogP) is 7.15. The van der Waals surface area contributed by atoms with Crippen LogP contribution in [0.25, 0.3) is 0 Å². The first-order valence-corrected chi connectivity index (χ1v) is 10.5. The van der Waals surface area contributed by atoms with Crippen LogP contribution in [0.4, 0.5) is 5.69 Å². The van der Waals surface area contributed by atoms with Gasteiger partial charge in [-0.15, -0.1) is 0 Å². The summed E-state index contributed by atoms with van der Waals surface area (Å²) >= 11 is 12.5. The third-order valence-electron chi connectivity index (χ3n) is 4.55. The molecule has 0 radical (unpaired) electrons. The number of anilines is 1. The van der Waals surface area contributed by atoms with E-state index in [9.17, 15) is 0 Å². The fourth-order valence-corrected chi connectivity index (χ4v) is 3.47. The summed E-state index contributed by atoms with van der Waals surface area (Å²) in [7, 11) is 0. The molecule has 0 spiro atoms. The Kier molecular flexibility index (Phi) is 7.68. The lowest BCUT2D eigenvalue weighted by Gasteiger charge is -2.16. The van der Waals surface area contributed by atoms with E-state index < -0.39 is 0 Å². The Hall–Kier alpha value is -2.36. The van der Waals surface area contributed by atoms with Gasteiger partial charge in [0.05, 0.1) is 11.6 Å². The van der Waals surface area contributed by atoms with Crippen molar-refractivity contribution in [2.24, 2.45) is 0 Å². The molecule has 152 valence electrons. The fraction of sp³-hybridized carbons (Fsp3) is 0.250. The van der Waals surface area contributed by atoms with Crippen molar-refractivity contribution in [3.05, 3.63) is 87.4 Å². The molecule has 0 aliphatic carbocycles. The number of para-hydroxylation sites is 1. The van der Waals surface area contributed by atoms with Crippen molar-refractivity contribution in [2.75, 3.05) is 11.9 Å². The highest BCUT2D eigenvalue weighted by molar-refractivity contribution is 6.32. The number of halogens is 2. The van der Waals surface area contributed by atoms with Gasteiger partial charge in [-0.3, -0.25) is 0 Å². The van der Waals surface area contributed by atoms with Crippen molar-refractivity contribution in [2.45, 2.75) is 33.4 Å². The van der Waals surface area contributed by atoms with Gasteiger partial charge in [0.2, 0.25) is 0 Å². The van der Waals surface area contributed by atoms with Crippen LogP contribution in [-0.4, -0.2) is 6.61 Å². The molecule has 3 aromatic rings. The zero-order valence-electron chi connectivity index (χ0n) is 16.7. The van der Waals surface area contributed by atoms with Gasteiger partial charge in [0, 0.05) is 17.3 Å². The summed E-state index contributed by atoms with van der Waals surface area (Å²) in [6.07, 6.45) is 0.978. The molecular formula is C24H25Cl2NO2. The van der Waals surface area contributed by atoms with Gasteiger partial charge in [0.15, 0.2) is 11.5 Å². The van der Waals surface area contributed by atoms with E-state index in [0.29, 0.717) is 41.3 Å². The SMILES string of the molecule is CCOc1cc(CNc2ccccc2CC)cc(Cl)c1OCc1ccc(Cl)cc1. The Morgan fingerprint density at radius 1 is 0.862 bits per heavy atom. The Morgan fingerprint density at radius 2 is 1.62 bits per heavy atom. The van der Waals surface area contributed by atoms with Gasteiger partial charge < -0.3 is 14.8 Å². The van der Waals surface area contributed by atoms with Crippen LogP contribution in [0.3, 0.4) is 0 Å². The molecule has 0 atom stereocenters. The van der Waals surface area contributed by atoms with E-state index in [0.717, 1.165) is 23.2 Å². The second kappa shape index (κ2) is 10.4. The molecule has 0 aromatic heterocycles. The highest BCUT2D eigenvalue weighted by Gasteiger charge is 2.13. The van der Waals surface area contributed by atoms with Crippen LogP contribution < -0.4 is 14.8 Å². The maximum absolute atomic E-state index is 6.55. The molecule has 1 N–H and O–H groups in total. The average molecular weight is 430 g/mol. The van der Waals surface area contributed by atoms with Gasteiger partial charge in [-0.05, 0) is 60.4 Å². The molecule has 0 saturated heterocycles. The Morgan fingerprint density at radius 3 is 2.34 bits per heavy atom. The summed E-state index contributed by atoms with van der Waals surface area (Å²) < 4.78 is 11.8. The number of rotatable bonds is 9. The fourth-order valence-electron chi connectivity index (χ4n) is 3.06. The minimum Gasteiger partial charge on any atom is -0.490 e. The number of aryl methyl sites for hydroxylation is 1. The molecule has 0 saturated carbocycles. The summed E-state index contributed by atoms with van der Waals surface area (Å²) in [6, 6.07) is 19.8. The predicted molar refractivity (Wildman–Crippen MR) is 122 cm³/mol. The van der Waals surface area contributed by atoms with Crippen molar-refractivity contribution in [1.82, 2.24) is 0 Å². The topological polar surface area (TPSA) is 30.5 Å². The van der Waals surface area contributed by atoms with E-state index in [1.165, 1.54) is 5.56 Å². The Bertz CT molecular complexity index is 942. The van der Waals surface area contributed by atoms with Crippen LogP contribution in [-0.2, 0) is 19.6 Å². The molecule has 29 heavy (non-hydrogen) atoms. The van der Waals surface area contributed by atoms with Crippen molar-refractivity contribution >= 4 is 28.9 Å². The molecule has 0 heterocycles. The summed E-state index contributed by atoms with van der Waals surface area (Å²) in [6.45, 7) is 5.66. The van der Waals surface area contributed by atoms with E-state index in [-0.39, 0.29) is 0 Å². The second-order valence-corrected chi connectivity index (χ2v) is 7.46. The largest absolute Gasteiger partial charge is 0.490 e. The first kappa shape index (κ1) is 21.4. The maximum atomic E-state index is 6.55. The molecule has 5 heteroatoms. The smallest absolute Gasteiger partial charge is 0.180 e. The maximum Gasteiger partial charge on any atom is 0.180 e. The Balaban J connectivity index is 1.75. The van der Waals surface area contributed by atoms with Crippen molar-refractivity contribution in [1.29, 1.82) is 0 Å². The van der Waals surface area contributed by atoms with E-state index in [1.54, 1.807) is 0 Å². The van der Waals surface area contributed by atoms with Crippen LogP contribution in [0, 0.1) is 0 Å². The number of nitrogens with one attached hydrogen (secondary N) is 1. The van der Waals surface area contributed by atoms with Crippen LogP contribution in [0.2, 0.25) is 10.0 Å². The molecule has 0 aliphatic heterocycles. The van der Waals surface area contributed by atoms with E-state index in [2.05, 4.69) is 30.4 Å². The molecule has 3 rings (SSSR count). The van der Waals surface area contributed by atoms with Gasteiger partial charge in [-0.1, -0.05) is 60.5 Å². The number of benzene rings is 3. The summed E-state index contributed by atoms with van der Waals surface area (Å²) in [4.78, 5) is 0. The lowest BCUT2D eigenvalue weighted by Crippen LogP contribution is -2.05. The molecule has 0 fully saturated rings. The van der Waals surface area contributed by atoms with E-state index in [1.807, 2.05) is 49.4 Å². The quantitative estimate of drug-likeness (QED) is 0.391. The molecule has 0 amide bonds. The third-order valence-corrected chi connectivity index (χ3v) is 5.08. The van der Waals surface area contributed by atoms with Crippen molar-refractivity contribution in [3.63, 3.8) is 0 Å². The first-order chi connectivity index (χ1) is 14.1. The van der Waals surface area contributed by atoms with Gasteiger partial charge in [-0.25, -0.2) is 0 Å². The van der Waals surface area contributed by atoms with Gasteiger partial charge in [0.1, 0.15) is 6.61 Å². The monoisotopic (exact) mass is 429 g/mol. The van der Waals surface area contributed by atoms with E-state index in [4.69, 9.17) is 32.7 Å². The molecule has 0 unspecified atom stereocenters. The summed E-state index contributed by atoms with van der Waals surface area (Å²) in [5, 5.41) is 4.72. The average Bonchev–Trinajstić information content (AvgIpc) is 2.73. The lowest BCUT2D eigenvalue weighted by molar-refractivity contribution is 0.269. The number of hydrogen-bond acceptors (Lipinski definition) is 3. The van der Waals surface area contributed by atoms with Crippen LogP contribution in [0.5, 0.6) is 11.5 Å². The number of ether oxygens (including phenoxy) is 2. The molecule has 3 nitrogen and oxygen atoms in total. The highest BCUT2D eigenvalue weighted by atomic mass is 35.5. The Labute approximate surface area is 182 Å². The van der Waals surface area contributed by atoms with Crippen molar-refractivity contribution in [3.8, 4) is 11.5 Å². The van der Waals surface area contributed by atoms with Crippen LogP contribution in [0.1, 0.15) is 30.5 Å². The van der Waals surface area contributed by atoms with Gasteiger partial charge in [0.25, 0.3) is 0 Å². The zero-order valence-corrected chi connectivity index (χ0v) is 18.2. The van der Waals surface area contributed by atoms with Crippen LogP contribution in [0.15, 0.2) is 60.7 Å². The molecule has 3 aromatic carbocycles. The molecule has 0 aliphatic rings. The lowest BCUT2D eigenvalue weighted by atomic mass is 10.1. The van der Waals surface area contributed by atoms with Gasteiger partial charge in [-0.2, -0.15) is 0 Å². The first-order valence-electron chi connectivity index (χ1n) is 9.75. The van der Waals surface area contributed by atoms with E-state index >= 15 is 0 Å². The third kappa shape index (κ3) is 5.81. The second-order valence-electron chi connectivity index (χ2n) is 6.62. The van der Waals surface area contributed by atoms with Crippen molar-refractivity contribution < 1.29 is 9.47 Å². The van der Waals surface area contributed by atoms with Gasteiger partial charge >= 0.3 is 0 Å². The number of hydrogen-bond donors (Lipinski definition) is 1. The minimum absolute atomic E-state index is 0.387. The molecular weight excluding hydrogens is 405 g/mol. The molecule has 0 bridgehead atoms. The van der Waals surface area contributed by atoms with Crippen LogP contribution >= 0.6 is 23.2 Å². The standard InChI is InChI=1S/C24H25Cl2NO2/c1-3-19-7-5-6-8-22(19)27-15-18-13-21(26)24(23(14-18)28-4-2)29-16-17-9-11-20(25)12-10-17/h5-14,27H,3-4,15-16H2,1-2H3. The summed E-state index contributed by atoms with van der Waals surface area (Å²) in [5.41, 5.74) is 4.46. The highest BCUT2D eigenvalue weighted by Crippen LogP contribution is 2.37.